The molecule has 0 saturated carbocycles. The van der Waals surface area contributed by atoms with Gasteiger partial charge in [-0.2, -0.15) is 5.26 Å². The molecule has 1 unspecified atom stereocenters. The molecule has 6 nitrogen and oxygen atoms in total. The molecule has 0 saturated heterocycles. The second kappa shape index (κ2) is 9.68. The summed E-state index contributed by atoms with van der Waals surface area (Å²) in [6, 6.07) is 27.2. The number of benzene rings is 3. The number of nitro benzene ring substituents is 1. The Balaban J connectivity index is 1.88. The number of nitriles is 1. The smallest absolute Gasteiger partial charge is 0.269 e. The van der Waals surface area contributed by atoms with Gasteiger partial charge in [0, 0.05) is 25.7 Å². The average Bonchev–Trinajstić information content (AvgIpc) is 2.82. The van der Waals surface area contributed by atoms with E-state index in [1.165, 1.54) is 12.1 Å². The van der Waals surface area contributed by atoms with E-state index in [1.807, 2.05) is 60.7 Å². The molecule has 1 amide bonds. The summed E-state index contributed by atoms with van der Waals surface area (Å²) in [6.45, 7) is 0.527. The third kappa shape index (κ3) is 4.96. The highest BCUT2D eigenvalue weighted by molar-refractivity contribution is 5.79. The Labute approximate surface area is 181 Å². The van der Waals surface area contributed by atoms with Gasteiger partial charge in [-0.1, -0.05) is 72.8 Å². The number of non-ortho nitro benzene ring substituents is 1. The van der Waals surface area contributed by atoms with Crippen molar-refractivity contribution in [1.29, 1.82) is 5.26 Å². The summed E-state index contributed by atoms with van der Waals surface area (Å²) in [5.74, 6) is -0.167. The van der Waals surface area contributed by atoms with Crippen LogP contribution in [0.2, 0.25) is 0 Å². The van der Waals surface area contributed by atoms with E-state index in [4.69, 9.17) is 0 Å². The van der Waals surface area contributed by atoms with Crippen LogP contribution in [0.15, 0.2) is 84.9 Å². The van der Waals surface area contributed by atoms with Gasteiger partial charge in [0.25, 0.3) is 5.69 Å². The van der Waals surface area contributed by atoms with Crippen LogP contribution in [-0.4, -0.2) is 29.3 Å². The highest BCUT2D eigenvalue weighted by atomic mass is 16.6. The molecule has 0 heterocycles. The van der Waals surface area contributed by atoms with Crippen LogP contribution in [0.3, 0.4) is 0 Å². The summed E-state index contributed by atoms with van der Waals surface area (Å²) in [4.78, 5) is 25.3. The van der Waals surface area contributed by atoms with Crippen LogP contribution in [0.5, 0.6) is 0 Å². The van der Waals surface area contributed by atoms with E-state index in [1.54, 1.807) is 24.1 Å². The predicted octanol–water partition coefficient (Wildman–Crippen LogP) is 4.50. The fourth-order valence-electron chi connectivity index (χ4n) is 3.56. The Morgan fingerprint density at radius 1 is 0.968 bits per heavy atom. The molecule has 0 aromatic heterocycles. The quantitative estimate of drug-likeness (QED) is 0.402. The number of nitro groups is 1. The number of hydrogen-bond acceptors (Lipinski definition) is 4. The molecule has 0 aliphatic heterocycles. The van der Waals surface area contributed by atoms with Gasteiger partial charge in [0.2, 0.25) is 5.91 Å². The second-order valence-corrected chi connectivity index (χ2v) is 7.41. The molecule has 31 heavy (non-hydrogen) atoms. The van der Waals surface area contributed by atoms with E-state index in [-0.39, 0.29) is 18.0 Å². The highest BCUT2D eigenvalue weighted by Gasteiger charge is 2.38. The van der Waals surface area contributed by atoms with Gasteiger partial charge in [-0.25, -0.2) is 0 Å². The molecular formula is C25H23N3O3. The summed E-state index contributed by atoms with van der Waals surface area (Å²) in [5, 5.41) is 21.3. The number of carbonyl (C=O) groups excluding carboxylic acids is 1. The Morgan fingerprint density at radius 3 is 2.06 bits per heavy atom. The number of hydrogen-bond donors (Lipinski definition) is 0. The predicted molar refractivity (Wildman–Crippen MR) is 118 cm³/mol. The average molecular weight is 413 g/mol. The van der Waals surface area contributed by atoms with Crippen LogP contribution in [0.4, 0.5) is 5.69 Å². The lowest BCUT2D eigenvalue weighted by molar-refractivity contribution is -0.384. The van der Waals surface area contributed by atoms with Crippen LogP contribution in [0.1, 0.15) is 23.1 Å². The first-order valence-corrected chi connectivity index (χ1v) is 9.96. The van der Waals surface area contributed by atoms with Crippen molar-refractivity contribution in [2.24, 2.45) is 0 Å². The zero-order valence-corrected chi connectivity index (χ0v) is 17.3. The largest absolute Gasteiger partial charge is 0.345 e. The van der Waals surface area contributed by atoms with Crippen LogP contribution < -0.4 is 0 Å². The fourth-order valence-corrected chi connectivity index (χ4v) is 3.56. The third-order valence-corrected chi connectivity index (χ3v) is 5.45. The van der Waals surface area contributed by atoms with Gasteiger partial charge < -0.3 is 4.90 Å². The second-order valence-electron chi connectivity index (χ2n) is 7.41. The van der Waals surface area contributed by atoms with E-state index in [0.29, 0.717) is 24.1 Å². The van der Waals surface area contributed by atoms with E-state index in [9.17, 15) is 20.2 Å². The highest BCUT2D eigenvalue weighted by Crippen LogP contribution is 2.36. The van der Waals surface area contributed by atoms with Gasteiger partial charge in [-0.05, 0) is 23.1 Å². The standard InChI is InChI=1S/C25H23N3O3/c1-27(17-16-20-8-4-2-5-9-20)24(29)18-25(19-26,21-10-6-3-7-11-21)22-12-14-23(15-13-22)28(30)31/h2-15H,16-18H2,1H3. The lowest BCUT2D eigenvalue weighted by Crippen LogP contribution is -2.37. The molecule has 0 aliphatic carbocycles. The van der Waals surface area contributed by atoms with Crippen LogP contribution >= 0.6 is 0 Å². The monoisotopic (exact) mass is 413 g/mol. The van der Waals surface area contributed by atoms with Crippen molar-refractivity contribution >= 4 is 11.6 Å². The zero-order valence-electron chi connectivity index (χ0n) is 17.3. The molecule has 0 aliphatic rings. The Hall–Kier alpha value is -3.98. The first-order valence-electron chi connectivity index (χ1n) is 9.96. The summed E-state index contributed by atoms with van der Waals surface area (Å²) >= 11 is 0. The van der Waals surface area contributed by atoms with Gasteiger partial charge in [0.15, 0.2) is 0 Å². The molecule has 0 bridgehead atoms. The third-order valence-electron chi connectivity index (χ3n) is 5.45. The van der Waals surface area contributed by atoms with Crippen molar-refractivity contribution in [2.45, 2.75) is 18.3 Å². The van der Waals surface area contributed by atoms with Crippen molar-refractivity contribution in [3.63, 3.8) is 0 Å². The fraction of sp³-hybridized carbons (Fsp3) is 0.200. The molecule has 156 valence electrons. The normalized spacial score (nSPS) is 12.4. The molecule has 0 fully saturated rings. The number of rotatable bonds is 8. The van der Waals surface area contributed by atoms with Crippen molar-refractivity contribution in [1.82, 2.24) is 4.90 Å². The molecule has 0 spiro atoms. The van der Waals surface area contributed by atoms with E-state index in [0.717, 1.165) is 5.56 Å². The summed E-state index contributed by atoms with van der Waals surface area (Å²) in [5.41, 5.74) is 1.06. The lowest BCUT2D eigenvalue weighted by Gasteiger charge is -2.29. The van der Waals surface area contributed by atoms with E-state index >= 15 is 0 Å². The maximum Gasteiger partial charge on any atom is 0.269 e. The summed E-state index contributed by atoms with van der Waals surface area (Å²) in [6.07, 6.45) is 0.655. The Kier molecular flexibility index (Phi) is 6.78. The summed E-state index contributed by atoms with van der Waals surface area (Å²) in [7, 11) is 1.73. The molecule has 1 atom stereocenters. The van der Waals surface area contributed by atoms with Crippen LogP contribution in [-0.2, 0) is 16.6 Å². The molecule has 0 N–H and O–H groups in total. The summed E-state index contributed by atoms with van der Waals surface area (Å²) < 4.78 is 0. The maximum atomic E-state index is 13.1. The van der Waals surface area contributed by atoms with Gasteiger partial charge in [0.05, 0.1) is 17.4 Å². The lowest BCUT2D eigenvalue weighted by atomic mass is 9.73. The van der Waals surface area contributed by atoms with Gasteiger partial charge in [0.1, 0.15) is 5.41 Å². The minimum Gasteiger partial charge on any atom is -0.345 e. The molecule has 3 rings (SSSR count). The molecular weight excluding hydrogens is 390 g/mol. The molecule has 0 radical (unpaired) electrons. The first-order chi connectivity index (χ1) is 15.0. The van der Waals surface area contributed by atoms with Gasteiger partial charge in [-0.15, -0.1) is 0 Å². The van der Waals surface area contributed by atoms with Gasteiger partial charge >= 0.3 is 0 Å². The van der Waals surface area contributed by atoms with E-state index in [2.05, 4.69) is 6.07 Å². The molecule has 3 aromatic rings. The van der Waals surface area contributed by atoms with Crippen molar-refractivity contribution in [3.8, 4) is 6.07 Å². The Morgan fingerprint density at radius 2 is 1.52 bits per heavy atom. The van der Waals surface area contributed by atoms with Crippen molar-refractivity contribution in [2.75, 3.05) is 13.6 Å². The minimum absolute atomic E-state index is 0.0589. The van der Waals surface area contributed by atoms with E-state index < -0.39 is 10.3 Å². The Bertz CT molecular complexity index is 1080. The molecule has 6 heteroatoms. The van der Waals surface area contributed by atoms with Crippen LogP contribution in [0.25, 0.3) is 0 Å². The van der Waals surface area contributed by atoms with Gasteiger partial charge in [-0.3, -0.25) is 14.9 Å². The zero-order chi connectivity index (χ0) is 22.3. The number of nitrogens with zero attached hydrogens (tertiary/aromatic N) is 3. The topological polar surface area (TPSA) is 87.2 Å². The van der Waals surface area contributed by atoms with Crippen molar-refractivity contribution in [3.05, 3.63) is 112 Å². The SMILES string of the molecule is CN(CCc1ccccc1)C(=O)CC(C#N)(c1ccccc1)c1ccc([N+](=O)[O-])cc1. The minimum atomic E-state index is -1.24. The van der Waals surface area contributed by atoms with Crippen molar-refractivity contribution < 1.29 is 9.72 Å². The maximum absolute atomic E-state index is 13.1. The first kappa shape index (κ1) is 21.7. The number of amides is 1. The van der Waals surface area contributed by atoms with Crippen LogP contribution in [0, 0.1) is 21.4 Å². The number of likely N-dealkylation sites (N-methyl/N-ethyl adjacent to an activating group) is 1. The molecule has 3 aromatic carbocycles. The number of carbonyl (C=O) groups is 1.